The minimum Gasteiger partial charge on any atom is -0.330 e. The molecule has 0 bridgehead atoms. The molecule has 1 amide bonds. The van der Waals surface area contributed by atoms with E-state index in [0.29, 0.717) is 12.2 Å². The minimum absolute atomic E-state index is 0.0412. The summed E-state index contributed by atoms with van der Waals surface area (Å²) in [5.41, 5.74) is 6.26. The van der Waals surface area contributed by atoms with Gasteiger partial charge in [0.25, 0.3) is 0 Å². The Morgan fingerprint density at radius 2 is 2.33 bits per heavy atom. The molecule has 0 aliphatic rings. The molecule has 5 heteroatoms. The number of nitrogens with two attached hydrogens (primary N) is 1. The molecule has 0 aromatic carbocycles. The summed E-state index contributed by atoms with van der Waals surface area (Å²) in [5.74, 6) is 0.0531. The Labute approximate surface area is 89.6 Å². The van der Waals surface area contributed by atoms with Crippen LogP contribution >= 0.6 is 0 Å². The number of rotatable bonds is 4. The van der Waals surface area contributed by atoms with Gasteiger partial charge in [0.15, 0.2) is 0 Å². The lowest BCUT2D eigenvalue weighted by molar-refractivity contribution is -0.120. The maximum absolute atomic E-state index is 11.8. The predicted molar refractivity (Wildman–Crippen MR) is 59.2 cm³/mol. The summed E-state index contributed by atoms with van der Waals surface area (Å²) in [5, 5.41) is 6.76. The fourth-order valence-electron chi connectivity index (χ4n) is 1.40. The summed E-state index contributed by atoms with van der Waals surface area (Å²) in [7, 11) is 1.80. The highest BCUT2D eigenvalue weighted by atomic mass is 16.1. The zero-order valence-electron chi connectivity index (χ0n) is 9.40. The van der Waals surface area contributed by atoms with Gasteiger partial charge in [-0.05, 0) is 5.92 Å². The molecule has 0 aliphatic heterocycles. The van der Waals surface area contributed by atoms with Crippen LogP contribution in [0.15, 0.2) is 12.4 Å². The average Bonchev–Trinajstić information content (AvgIpc) is 2.51. The molecule has 84 valence electrons. The normalized spacial score (nSPS) is 12.9. The van der Waals surface area contributed by atoms with Crippen molar-refractivity contribution in [2.45, 2.75) is 13.8 Å². The Morgan fingerprint density at radius 3 is 2.73 bits per heavy atom. The van der Waals surface area contributed by atoms with E-state index in [9.17, 15) is 4.79 Å². The van der Waals surface area contributed by atoms with Crippen molar-refractivity contribution in [3.8, 4) is 0 Å². The molecule has 5 nitrogen and oxygen atoms in total. The van der Waals surface area contributed by atoms with Crippen molar-refractivity contribution in [3.05, 3.63) is 12.4 Å². The first-order chi connectivity index (χ1) is 7.04. The van der Waals surface area contributed by atoms with Gasteiger partial charge >= 0.3 is 0 Å². The monoisotopic (exact) mass is 210 g/mol. The number of aryl methyl sites for hydroxylation is 1. The zero-order valence-corrected chi connectivity index (χ0v) is 9.40. The molecule has 1 unspecified atom stereocenters. The Hall–Kier alpha value is -1.36. The second-order valence-electron chi connectivity index (χ2n) is 3.98. The van der Waals surface area contributed by atoms with Crippen LogP contribution < -0.4 is 11.1 Å². The van der Waals surface area contributed by atoms with Crippen LogP contribution in [0.2, 0.25) is 0 Å². The first kappa shape index (κ1) is 11.7. The van der Waals surface area contributed by atoms with Crippen molar-refractivity contribution in [1.82, 2.24) is 9.78 Å². The first-order valence-corrected chi connectivity index (χ1v) is 5.04. The lowest BCUT2D eigenvalue weighted by atomic mass is 9.95. The van der Waals surface area contributed by atoms with Crippen molar-refractivity contribution >= 4 is 11.6 Å². The molecule has 1 atom stereocenters. The van der Waals surface area contributed by atoms with E-state index in [-0.39, 0.29) is 17.7 Å². The van der Waals surface area contributed by atoms with Gasteiger partial charge in [0.2, 0.25) is 5.91 Å². The number of nitrogens with one attached hydrogen (secondary N) is 1. The highest BCUT2D eigenvalue weighted by Gasteiger charge is 2.20. The van der Waals surface area contributed by atoms with E-state index in [0.717, 1.165) is 0 Å². The third-order valence-corrected chi connectivity index (χ3v) is 2.37. The highest BCUT2D eigenvalue weighted by Crippen LogP contribution is 2.12. The summed E-state index contributed by atoms with van der Waals surface area (Å²) in [4.78, 5) is 11.8. The van der Waals surface area contributed by atoms with Gasteiger partial charge in [-0.25, -0.2) is 0 Å². The molecule has 1 aromatic heterocycles. The quantitative estimate of drug-likeness (QED) is 0.764. The fourth-order valence-corrected chi connectivity index (χ4v) is 1.40. The summed E-state index contributed by atoms with van der Waals surface area (Å²) >= 11 is 0. The standard InChI is InChI=1S/C10H18N4O/c1-7(2)9(4-11)10(15)13-8-5-12-14(3)6-8/h5-7,9H,4,11H2,1-3H3,(H,13,15). The van der Waals surface area contributed by atoms with Crippen LogP contribution in [-0.2, 0) is 11.8 Å². The van der Waals surface area contributed by atoms with Gasteiger partial charge in [-0.3, -0.25) is 9.48 Å². The second kappa shape index (κ2) is 4.93. The predicted octanol–water partition coefficient (Wildman–Crippen LogP) is 0.589. The van der Waals surface area contributed by atoms with Crippen LogP contribution in [-0.4, -0.2) is 22.2 Å². The molecule has 1 heterocycles. The van der Waals surface area contributed by atoms with Crippen LogP contribution in [0.5, 0.6) is 0 Å². The van der Waals surface area contributed by atoms with E-state index in [1.54, 1.807) is 24.1 Å². The Kier molecular flexibility index (Phi) is 3.85. The van der Waals surface area contributed by atoms with Crippen LogP contribution in [0.4, 0.5) is 5.69 Å². The highest BCUT2D eigenvalue weighted by molar-refractivity contribution is 5.92. The number of amides is 1. The van der Waals surface area contributed by atoms with Crippen LogP contribution in [0.3, 0.4) is 0 Å². The topological polar surface area (TPSA) is 72.9 Å². The van der Waals surface area contributed by atoms with E-state index in [1.807, 2.05) is 13.8 Å². The van der Waals surface area contributed by atoms with E-state index in [2.05, 4.69) is 10.4 Å². The molecule has 15 heavy (non-hydrogen) atoms. The zero-order chi connectivity index (χ0) is 11.4. The van der Waals surface area contributed by atoms with Gasteiger partial charge in [0, 0.05) is 19.8 Å². The lowest BCUT2D eigenvalue weighted by Crippen LogP contribution is -2.32. The molecule has 0 fully saturated rings. The van der Waals surface area contributed by atoms with Crippen LogP contribution in [0.25, 0.3) is 0 Å². The lowest BCUT2D eigenvalue weighted by Gasteiger charge is -2.17. The number of hydrogen-bond acceptors (Lipinski definition) is 3. The maximum atomic E-state index is 11.8. The number of hydrogen-bond donors (Lipinski definition) is 2. The van der Waals surface area contributed by atoms with Crippen molar-refractivity contribution in [2.24, 2.45) is 24.6 Å². The smallest absolute Gasteiger partial charge is 0.229 e. The van der Waals surface area contributed by atoms with Gasteiger partial charge in [-0.1, -0.05) is 13.8 Å². The Bertz CT molecular complexity index is 332. The van der Waals surface area contributed by atoms with E-state index in [4.69, 9.17) is 5.73 Å². The van der Waals surface area contributed by atoms with Crippen molar-refractivity contribution in [3.63, 3.8) is 0 Å². The van der Waals surface area contributed by atoms with Crippen molar-refractivity contribution < 1.29 is 4.79 Å². The van der Waals surface area contributed by atoms with E-state index in [1.165, 1.54) is 0 Å². The summed E-state index contributed by atoms with van der Waals surface area (Å²) in [6, 6.07) is 0. The molecule has 0 radical (unpaired) electrons. The first-order valence-electron chi connectivity index (χ1n) is 5.04. The van der Waals surface area contributed by atoms with E-state index < -0.39 is 0 Å². The second-order valence-corrected chi connectivity index (χ2v) is 3.98. The summed E-state index contributed by atoms with van der Waals surface area (Å²) in [6.45, 7) is 4.34. The molecule has 0 spiro atoms. The molecule has 0 saturated heterocycles. The van der Waals surface area contributed by atoms with Crippen molar-refractivity contribution in [1.29, 1.82) is 0 Å². The molecule has 0 aliphatic carbocycles. The third-order valence-electron chi connectivity index (χ3n) is 2.37. The number of anilines is 1. The van der Waals surface area contributed by atoms with E-state index >= 15 is 0 Å². The van der Waals surface area contributed by atoms with Crippen LogP contribution in [0.1, 0.15) is 13.8 Å². The van der Waals surface area contributed by atoms with Crippen molar-refractivity contribution in [2.75, 3.05) is 11.9 Å². The Morgan fingerprint density at radius 1 is 1.67 bits per heavy atom. The minimum atomic E-state index is -0.148. The summed E-state index contributed by atoms with van der Waals surface area (Å²) in [6.07, 6.45) is 3.37. The average molecular weight is 210 g/mol. The third kappa shape index (κ3) is 3.06. The number of nitrogens with zero attached hydrogens (tertiary/aromatic N) is 2. The molecular formula is C10H18N4O. The molecule has 1 rings (SSSR count). The summed E-state index contributed by atoms with van der Waals surface area (Å²) < 4.78 is 1.64. The van der Waals surface area contributed by atoms with Gasteiger partial charge in [-0.2, -0.15) is 5.10 Å². The SMILES string of the molecule is CC(C)C(CN)C(=O)Nc1cnn(C)c1. The van der Waals surface area contributed by atoms with Gasteiger partial charge < -0.3 is 11.1 Å². The molecule has 3 N–H and O–H groups in total. The van der Waals surface area contributed by atoms with Gasteiger partial charge in [0.1, 0.15) is 0 Å². The van der Waals surface area contributed by atoms with Crippen LogP contribution in [0, 0.1) is 11.8 Å². The number of carbonyl (C=O) groups is 1. The maximum Gasteiger partial charge on any atom is 0.229 e. The van der Waals surface area contributed by atoms with Gasteiger partial charge in [0.05, 0.1) is 17.8 Å². The number of aromatic nitrogens is 2. The molecule has 1 aromatic rings. The molecule has 0 saturated carbocycles. The molecular weight excluding hydrogens is 192 g/mol. The fraction of sp³-hybridized carbons (Fsp3) is 0.600. The number of carbonyl (C=O) groups excluding carboxylic acids is 1. The Balaban J connectivity index is 2.62. The largest absolute Gasteiger partial charge is 0.330 e. The van der Waals surface area contributed by atoms with Gasteiger partial charge in [-0.15, -0.1) is 0 Å².